The zero-order valence-electron chi connectivity index (χ0n) is 11.6. The molecule has 0 aromatic carbocycles. The van der Waals surface area contributed by atoms with Gasteiger partial charge < -0.3 is 9.90 Å². The highest BCUT2D eigenvalue weighted by Crippen LogP contribution is 2.58. The second kappa shape index (κ2) is 3.87. The predicted octanol–water partition coefficient (Wildman–Crippen LogP) is 2.11. The fourth-order valence-electron chi connectivity index (χ4n) is 3.80. The molecule has 0 aliphatic heterocycles. The summed E-state index contributed by atoms with van der Waals surface area (Å²) in [6.07, 6.45) is 4.35. The van der Waals surface area contributed by atoms with Crippen molar-refractivity contribution >= 4 is 20.1 Å². The first-order chi connectivity index (χ1) is 8.15. The summed E-state index contributed by atoms with van der Waals surface area (Å²) in [6.45, 7) is 8.52. The third-order valence-electron chi connectivity index (χ3n) is 5.09. The Morgan fingerprint density at radius 1 is 1.44 bits per heavy atom. The molecule has 100 valence electrons. The summed E-state index contributed by atoms with van der Waals surface area (Å²) < 4.78 is 0. The topological polar surface area (TPSA) is 54.4 Å². The van der Waals surface area contributed by atoms with Crippen molar-refractivity contribution in [2.24, 2.45) is 11.3 Å². The van der Waals surface area contributed by atoms with Gasteiger partial charge in [0.25, 0.3) is 0 Å². The van der Waals surface area contributed by atoms with Crippen molar-refractivity contribution in [1.29, 1.82) is 0 Å². The summed E-state index contributed by atoms with van der Waals surface area (Å²) in [7, 11) is -1.81. The molecule has 2 rings (SSSR count). The van der Waals surface area contributed by atoms with Gasteiger partial charge in [0.15, 0.2) is 5.78 Å². The minimum atomic E-state index is -1.81. The van der Waals surface area contributed by atoms with Gasteiger partial charge in [-0.05, 0) is 25.3 Å². The molecule has 3 unspecified atom stereocenters. The molecule has 4 heteroatoms. The second-order valence-electron chi connectivity index (χ2n) is 6.96. The molecular formula is C14H22O3Si. The van der Waals surface area contributed by atoms with Crippen molar-refractivity contribution in [3.05, 3.63) is 11.6 Å². The number of hydrogen-bond acceptors (Lipinski definition) is 3. The maximum Gasteiger partial charge on any atom is 0.165 e. The summed E-state index contributed by atoms with van der Waals surface area (Å²) >= 11 is 0. The summed E-state index contributed by atoms with van der Waals surface area (Å²) in [5.41, 5.74) is 0.660. The molecule has 0 aromatic heterocycles. The highest BCUT2D eigenvalue weighted by atomic mass is 28.3. The van der Waals surface area contributed by atoms with Crippen LogP contribution in [0.25, 0.3) is 0 Å². The molecule has 2 aliphatic rings. The molecule has 1 N–H and O–H groups in total. The van der Waals surface area contributed by atoms with Gasteiger partial charge in [-0.1, -0.05) is 32.1 Å². The summed E-state index contributed by atoms with van der Waals surface area (Å²) in [6, 6.07) is 0. The molecule has 3 atom stereocenters. The maximum atomic E-state index is 11.8. The number of rotatable bonds is 2. The first-order valence-electron chi connectivity index (χ1n) is 6.58. The van der Waals surface area contributed by atoms with E-state index in [0.717, 1.165) is 24.7 Å². The number of ketones is 1. The molecule has 18 heavy (non-hydrogen) atoms. The van der Waals surface area contributed by atoms with Crippen molar-refractivity contribution in [3.63, 3.8) is 0 Å². The van der Waals surface area contributed by atoms with Gasteiger partial charge in [-0.2, -0.15) is 0 Å². The Morgan fingerprint density at radius 3 is 2.56 bits per heavy atom. The highest BCUT2D eigenvalue weighted by molar-refractivity contribution is 6.79. The lowest BCUT2D eigenvalue weighted by molar-refractivity contribution is -0.127. The molecule has 0 aromatic rings. The van der Waals surface area contributed by atoms with E-state index in [0.29, 0.717) is 6.42 Å². The van der Waals surface area contributed by atoms with Gasteiger partial charge in [0.1, 0.15) is 6.29 Å². The van der Waals surface area contributed by atoms with Crippen LogP contribution in [0.15, 0.2) is 11.6 Å². The number of carbonyl (C=O) groups is 2. The zero-order valence-corrected chi connectivity index (χ0v) is 12.6. The number of aldehydes is 1. The van der Waals surface area contributed by atoms with E-state index in [4.69, 9.17) is 0 Å². The Morgan fingerprint density at radius 2 is 2.06 bits per heavy atom. The minimum Gasteiger partial charge on any atom is -0.392 e. The average Bonchev–Trinajstić information content (AvgIpc) is 2.52. The summed E-state index contributed by atoms with van der Waals surface area (Å²) in [4.78, 5) is 22.8. The van der Waals surface area contributed by atoms with Gasteiger partial charge >= 0.3 is 0 Å². The Labute approximate surface area is 109 Å². The van der Waals surface area contributed by atoms with Crippen molar-refractivity contribution in [3.8, 4) is 0 Å². The van der Waals surface area contributed by atoms with Crippen LogP contribution in [0.5, 0.6) is 0 Å². The first-order valence-corrected chi connectivity index (χ1v) is 10.1. The number of aliphatic hydroxyl groups is 1. The van der Waals surface area contributed by atoms with Crippen LogP contribution in [0.1, 0.15) is 26.2 Å². The molecule has 0 bridgehead atoms. The van der Waals surface area contributed by atoms with Crippen LogP contribution >= 0.6 is 0 Å². The van der Waals surface area contributed by atoms with Crippen LogP contribution in [-0.2, 0) is 9.59 Å². The SMILES string of the molecule is CC12CC(C=O)C(=O)C=C1CCC2(O)[Si](C)(C)C. The molecular weight excluding hydrogens is 244 g/mol. The lowest BCUT2D eigenvalue weighted by Crippen LogP contribution is -2.61. The van der Waals surface area contributed by atoms with E-state index in [1.165, 1.54) is 0 Å². The average molecular weight is 266 g/mol. The van der Waals surface area contributed by atoms with Gasteiger partial charge in [0.2, 0.25) is 0 Å². The molecule has 0 amide bonds. The van der Waals surface area contributed by atoms with Crippen molar-refractivity contribution < 1.29 is 14.7 Å². The van der Waals surface area contributed by atoms with E-state index in [1.807, 2.05) is 6.92 Å². The Hall–Kier alpha value is -0.743. The number of allylic oxidation sites excluding steroid dienone is 1. The van der Waals surface area contributed by atoms with Crippen molar-refractivity contribution in [1.82, 2.24) is 0 Å². The molecule has 0 spiro atoms. The molecule has 2 aliphatic carbocycles. The van der Waals surface area contributed by atoms with Gasteiger partial charge in [0, 0.05) is 5.41 Å². The number of hydrogen-bond donors (Lipinski definition) is 1. The van der Waals surface area contributed by atoms with E-state index < -0.39 is 24.6 Å². The Bertz CT molecular complexity index is 435. The fraction of sp³-hybridized carbons (Fsp3) is 0.714. The van der Waals surface area contributed by atoms with Crippen LogP contribution < -0.4 is 0 Å². The quantitative estimate of drug-likeness (QED) is 0.473. The largest absolute Gasteiger partial charge is 0.392 e. The Balaban J connectivity index is 2.52. The number of carbonyl (C=O) groups excluding carboxylic acids is 2. The first kappa shape index (κ1) is 13.7. The highest BCUT2D eigenvalue weighted by Gasteiger charge is 2.61. The van der Waals surface area contributed by atoms with Crippen LogP contribution in [-0.4, -0.2) is 30.5 Å². The normalized spacial score (nSPS) is 40.4. The molecule has 3 nitrogen and oxygen atoms in total. The maximum absolute atomic E-state index is 11.8. The van der Waals surface area contributed by atoms with Crippen LogP contribution in [0.3, 0.4) is 0 Å². The number of fused-ring (bicyclic) bond motifs is 1. The van der Waals surface area contributed by atoms with E-state index in [9.17, 15) is 14.7 Å². The summed E-state index contributed by atoms with van der Waals surface area (Å²) in [5.74, 6) is -0.656. The smallest absolute Gasteiger partial charge is 0.165 e. The second-order valence-corrected chi connectivity index (χ2v) is 12.3. The predicted molar refractivity (Wildman–Crippen MR) is 72.9 cm³/mol. The molecule has 1 fully saturated rings. The van der Waals surface area contributed by atoms with Crippen LogP contribution in [0, 0.1) is 11.3 Å². The van der Waals surface area contributed by atoms with Gasteiger partial charge in [-0.25, -0.2) is 0 Å². The van der Waals surface area contributed by atoms with E-state index in [-0.39, 0.29) is 5.78 Å². The molecule has 1 saturated carbocycles. The fourth-order valence-corrected chi connectivity index (χ4v) is 6.59. The van der Waals surface area contributed by atoms with Gasteiger partial charge in [-0.15, -0.1) is 0 Å². The standard InChI is InChI=1S/C14H22O3Si/c1-13-8-10(9-15)12(16)7-11(13)5-6-14(13,17)18(2,3)4/h7,9-10,17H,5-6,8H2,1-4H3. The van der Waals surface area contributed by atoms with E-state index in [1.54, 1.807) is 6.08 Å². The molecule has 0 heterocycles. The van der Waals surface area contributed by atoms with Gasteiger partial charge in [-0.3, -0.25) is 4.79 Å². The van der Waals surface area contributed by atoms with E-state index >= 15 is 0 Å². The van der Waals surface area contributed by atoms with Crippen LogP contribution in [0.2, 0.25) is 19.6 Å². The van der Waals surface area contributed by atoms with Crippen molar-refractivity contribution in [2.75, 3.05) is 0 Å². The zero-order chi connectivity index (χ0) is 13.8. The third-order valence-corrected chi connectivity index (χ3v) is 8.38. The lowest BCUT2D eigenvalue weighted by Gasteiger charge is -2.50. The Kier molecular flexibility index (Phi) is 2.94. The van der Waals surface area contributed by atoms with Crippen LogP contribution in [0.4, 0.5) is 0 Å². The lowest BCUT2D eigenvalue weighted by atomic mass is 9.70. The van der Waals surface area contributed by atoms with Gasteiger partial charge in [0.05, 0.1) is 19.2 Å². The van der Waals surface area contributed by atoms with Crippen molar-refractivity contribution in [2.45, 2.75) is 51.1 Å². The molecule has 0 saturated heterocycles. The minimum absolute atomic E-state index is 0.0858. The molecule has 0 radical (unpaired) electrons. The summed E-state index contributed by atoms with van der Waals surface area (Å²) in [5, 5.41) is 10.5. The third kappa shape index (κ3) is 1.58. The van der Waals surface area contributed by atoms with E-state index in [2.05, 4.69) is 19.6 Å². The monoisotopic (exact) mass is 266 g/mol.